The second-order valence-electron chi connectivity index (χ2n) is 4.34. The highest BCUT2D eigenvalue weighted by Crippen LogP contribution is 2.10. The van der Waals surface area contributed by atoms with E-state index in [4.69, 9.17) is 5.73 Å². The lowest BCUT2D eigenvalue weighted by atomic mass is 10.1. The van der Waals surface area contributed by atoms with Crippen LogP contribution in [0.1, 0.15) is 25.0 Å². The fourth-order valence-electron chi connectivity index (χ4n) is 1.71. The Morgan fingerprint density at radius 2 is 2.06 bits per heavy atom. The van der Waals surface area contributed by atoms with Crippen molar-refractivity contribution in [2.24, 2.45) is 5.73 Å². The number of hydrogen-bond acceptors (Lipinski definition) is 2. The van der Waals surface area contributed by atoms with Crippen LogP contribution >= 0.6 is 0 Å². The fourth-order valence-corrected chi connectivity index (χ4v) is 1.71. The lowest BCUT2D eigenvalue weighted by Crippen LogP contribution is -2.30. The largest absolute Gasteiger partial charge is 0.326 e. The first kappa shape index (κ1) is 12.9. The second kappa shape index (κ2) is 6.46. The Morgan fingerprint density at radius 1 is 1.38 bits per heavy atom. The van der Waals surface area contributed by atoms with Gasteiger partial charge < -0.3 is 5.73 Å². The Bertz CT molecular complexity index is 331. The first-order valence-electron chi connectivity index (χ1n) is 5.80. The van der Waals surface area contributed by atoms with E-state index in [9.17, 15) is 0 Å². The first-order chi connectivity index (χ1) is 7.67. The van der Waals surface area contributed by atoms with Crippen LogP contribution in [0.15, 0.2) is 36.9 Å². The van der Waals surface area contributed by atoms with E-state index < -0.39 is 0 Å². The molecule has 0 atom stereocenters. The van der Waals surface area contributed by atoms with Crippen LogP contribution < -0.4 is 5.73 Å². The van der Waals surface area contributed by atoms with Gasteiger partial charge in [-0.15, -0.1) is 6.58 Å². The number of rotatable bonds is 6. The monoisotopic (exact) mass is 218 g/mol. The summed E-state index contributed by atoms with van der Waals surface area (Å²) in [6, 6.07) is 9.00. The molecular formula is C14H22N2. The zero-order valence-electron chi connectivity index (χ0n) is 10.3. The summed E-state index contributed by atoms with van der Waals surface area (Å²) < 4.78 is 0. The molecule has 0 saturated heterocycles. The normalized spacial score (nSPS) is 11.1. The third kappa shape index (κ3) is 3.80. The van der Waals surface area contributed by atoms with Gasteiger partial charge in [0.05, 0.1) is 0 Å². The van der Waals surface area contributed by atoms with Crippen LogP contribution in [0.3, 0.4) is 0 Å². The van der Waals surface area contributed by atoms with Crippen LogP contribution in [0.2, 0.25) is 0 Å². The summed E-state index contributed by atoms with van der Waals surface area (Å²) in [6.07, 6.45) is 1.95. The molecule has 16 heavy (non-hydrogen) atoms. The minimum atomic E-state index is 0.527. The highest BCUT2D eigenvalue weighted by molar-refractivity contribution is 5.23. The topological polar surface area (TPSA) is 29.3 Å². The molecule has 2 nitrogen and oxygen atoms in total. The Hall–Kier alpha value is -1.12. The predicted octanol–water partition coefficient (Wildman–Crippen LogP) is 2.54. The molecule has 0 aliphatic heterocycles. The number of benzene rings is 1. The molecule has 2 heteroatoms. The van der Waals surface area contributed by atoms with Crippen LogP contribution in [-0.2, 0) is 13.1 Å². The number of nitrogens with zero attached hydrogens (tertiary/aromatic N) is 1. The van der Waals surface area contributed by atoms with Crippen molar-refractivity contribution in [1.29, 1.82) is 0 Å². The standard InChI is InChI=1S/C14H22N2/c1-4-8-16(12(2)3)11-14-7-5-6-13(9-14)10-15/h4-7,9,12H,1,8,10-11,15H2,2-3H3. The molecule has 0 aromatic heterocycles. The van der Waals surface area contributed by atoms with E-state index in [2.05, 4.69) is 49.6 Å². The third-order valence-electron chi connectivity index (χ3n) is 2.71. The summed E-state index contributed by atoms with van der Waals surface area (Å²) in [7, 11) is 0. The Morgan fingerprint density at radius 3 is 2.62 bits per heavy atom. The van der Waals surface area contributed by atoms with Crippen LogP contribution in [0.25, 0.3) is 0 Å². The van der Waals surface area contributed by atoms with Gasteiger partial charge in [-0.25, -0.2) is 0 Å². The summed E-state index contributed by atoms with van der Waals surface area (Å²) >= 11 is 0. The van der Waals surface area contributed by atoms with Crippen LogP contribution in [-0.4, -0.2) is 17.5 Å². The van der Waals surface area contributed by atoms with E-state index >= 15 is 0 Å². The van der Waals surface area contributed by atoms with Crippen molar-refractivity contribution in [3.8, 4) is 0 Å². The molecule has 88 valence electrons. The van der Waals surface area contributed by atoms with Crippen molar-refractivity contribution in [1.82, 2.24) is 4.90 Å². The molecule has 0 radical (unpaired) electrons. The highest BCUT2D eigenvalue weighted by atomic mass is 15.1. The van der Waals surface area contributed by atoms with E-state index in [0.29, 0.717) is 12.6 Å². The van der Waals surface area contributed by atoms with E-state index in [1.165, 1.54) is 11.1 Å². The van der Waals surface area contributed by atoms with Crippen molar-refractivity contribution < 1.29 is 0 Å². The zero-order valence-corrected chi connectivity index (χ0v) is 10.3. The average Bonchev–Trinajstić information content (AvgIpc) is 2.28. The SMILES string of the molecule is C=CCN(Cc1cccc(CN)c1)C(C)C. The molecule has 0 amide bonds. The van der Waals surface area contributed by atoms with Crippen molar-refractivity contribution in [3.63, 3.8) is 0 Å². The lowest BCUT2D eigenvalue weighted by molar-refractivity contribution is 0.237. The van der Waals surface area contributed by atoms with Crippen molar-refractivity contribution in [2.45, 2.75) is 33.0 Å². The molecule has 2 N–H and O–H groups in total. The molecule has 1 aromatic carbocycles. The van der Waals surface area contributed by atoms with Gasteiger partial charge in [-0.2, -0.15) is 0 Å². The van der Waals surface area contributed by atoms with Gasteiger partial charge in [-0.05, 0) is 25.0 Å². The summed E-state index contributed by atoms with van der Waals surface area (Å²) in [5.41, 5.74) is 8.15. The average molecular weight is 218 g/mol. The second-order valence-corrected chi connectivity index (χ2v) is 4.34. The molecule has 0 aliphatic rings. The molecule has 0 unspecified atom stereocenters. The van der Waals surface area contributed by atoms with Gasteiger partial charge in [-0.3, -0.25) is 4.90 Å². The molecule has 1 aromatic rings. The highest BCUT2D eigenvalue weighted by Gasteiger charge is 2.08. The molecule has 0 heterocycles. The summed E-state index contributed by atoms with van der Waals surface area (Å²) in [4.78, 5) is 2.38. The van der Waals surface area contributed by atoms with E-state index in [1.54, 1.807) is 0 Å². The smallest absolute Gasteiger partial charge is 0.0239 e. The maximum Gasteiger partial charge on any atom is 0.0239 e. The molecule has 0 aliphatic carbocycles. The predicted molar refractivity (Wildman–Crippen MR) is 70.1 cm³/mol. The zero-order chi connectivity index (χ0) is 12.0. The van der Waals surface area contributed by atoms with Gasteiger partial charge >= 0.3 is 0 Å². The van der Waals surface area contributed by atoms with Gasteiger partial charge in [0.25, 0.3) is 0 Å². The summed E-state index contributed by atoms with van der Waals surface area (Å²) in [6.45, 7) is 10.7. The van der Waals surface area contributed by atoms with Gasteiger partial charge in [-0.1, -0.05) is 30.3 Å². The van der Waals surface area contributed by atoms with Gasteiger partial charge in [0.2, 0.25) is 0 Å². The maximum absolute atomic E-state index is 5.64. The van der Waals surface area contributed by atoms with Crippen molar-refractivity contribution >= 4 is 0 Å². The minimum absolute atomic E-state index is 0.527. The van der Waals surface area contributed by atoms with E-state index in [0.717, 1.165) is 13.1 Å². The first-order valence-corrected chi connectivity index (χ1v) is 5.80. The lowest BCUT2D eigenvalue weighted by Gasteiger charge is -2.25. The van der Waals surface area contributed by atoms with E-state index in [1.807, 2.05) is 6.08 Å². The van der Waals surface area contributed by atoms with Crippen LogP contribution in [0, 0.1) is 0 Å². The fraction of sp³-hybridized carbons (Fsp3) is 0.429. The molecule has 1 rings (SSSR count). The molecular weight excluding hydrogens is 196 g/mol. The Balaban J connectivity index is 2.72. The summed E-state index contributed by atoms with van der Waals surface area (Å²) in [5.74, 6) is 0. The summed E-state index contributed by atoms with van der Waals surface area (Å²) in [5, 5.41) is 0. The third-order valence-corrected chi connectivity index (χ3v) is 2.71. The molecule has 0 spiro atoms. The Kier molecular flexibility index (Phi) is 5.23. The van der Waals surface area contributed by atoms with Crippen LogP contribution in [0.4, 0.5) is 0 Å². The van der Waals surface area contributed by atoms with Gasteiger partial charge in [0.15, 0.2) is 0 Å². The number of nitrogens with two attached hydrogens (primary N) is 1. The quantitative estimate of drug-likeness (QED) is 0.743. The molecule has 0 bridgehead atoms. The minimum Gasteiger partial charge on any atom is -0.326 e. The van der Waals surface area contributed by atoms with E-state index in [-0.39, 0.29) is 0 Å². The van der Waals surface area contributed by atoms with Crippen molar-refractivity contribution in [2.75, 3.05) is 6.54 Å². The van der Waals surface area contributed by atoms with Crippen molar-refractivity contribution in [3.05, 3.63) is 48.0 Å². The molecule has 0 fully saturated rings. The van der Waals surface area contributed by atoms with Gasteiger partial charge in [0.1, 0.15) is 0 Å². The van der Waals surface area contributed by atoms with Gasteiger partial charge in [0, 0.05) is 25.7 Å². The Labute approximate surface area is 98.8 Å². The van der Waals surface area contributed by atoms with Crippen LogP contribution in [0.5, 0.6) is 0 Å². The number of hydrogen-bond donors (Lipinski definition) is 1. The molecule has 0 saturated carbocycles. The maximum atomic E-state index is 5.64.